The minimum Gasteiger partial charge on any atom is -0.330 e. The van der Waals surface area contributed by atoms with Gasteiger partial charge in [-0.15, -0.1) is 0 Å². The molecule has 0 radical (unpaired) electrons. The minimum absolute atomic E-state index is 0.234. The first kappa shape index (κ1) is 11.4. The molecule has 0 spiro atoms. The topological polar surface area (TPSA) is 52.0 Å². The Hall–Kier alpha value is -0.640. The highest BCUT2D eigenvalue weighted by Gasteiger charge is 2.10. The molecule has 78 valence electrons. The fourth-order valence-electron chi connectivity index (χ4n) is 1.29. The van der Waals surface area contributed by atoms with Gasteiger partial charge in [-0.05, 0) is 43.1 Å². The Kier molecular flexibility index (Phi) is 4.32. The van der Waals surface area contributed by atoms with Crippen molar-refractivity contribution in [2.45, 2.75) is 18.9 Å². The normalized spacial score (nSPS) is 12.9. The number of benzene rings is 1. The Balaban J connectivity index is 2.77. The van der Waals surface area contributed by atoms with Crippen molar-refractivity contribution in [1.82, 2.24) is 0 Å². The largest absolute Gasteiger partial charge is 0.330 e. The molecule has 0 unspecified atom stereocenters. The summed E-state index contributed by atoms with van der Waals surface area (Å²) in [6.45, 7) is 0.584. The number of hydrogen-bond acceptors (Lipinski definition) is 2. The molecule has 0 fully saturated rings. The van der Waals surface area contributed by atoms with E-state index < -0.39 is 0 Å². The lowest BCUT2D eigenvalue weighted by Crippen LogP contribution is -2.13. The Morgan fingerprint density at radius 2 is 2.14 bits per heavy atom. The molecular weight excluding hydrogens is 203 g/mol. The van der Waals surface area contributed by atoms with Crippen LogP contribution < -0.4 is 11.5 Å². The Bertz CT molecular complexity index is 304. The molecule has 0 aromatic heterocycles. The van der Waals surface area contributed by atoms with Gasteiger partial charge in [0, 0.05) is 11.1 Å². The van der Waals surface area contributed by atoms with E-state index in [-0.39, 0.29) is 11.9 Å². The van der Waals surface area contributed by atoms with Crippen LogP contribution in [0.3, 0.4) is 0 Å². The summed E-state index contributed by atoms with van der Waals surface area (Å²) in [5.74, 6) is -0.312. The molecule has 0 amide bonds. The molecule has 0 aliphatic heterocycles. The van der Waals surface area contributed by atoms with Crippen molar-refractivity contribution in [3.63, 3.8) is 0 Å². The van der Waals surface area contributed by atoms with Crippen LogP contribution in [0.1, 0.15) is 24.4 Å². The zero-order chi connectivity index (χ0) is 10.6. The molecule has 1 aromatic rings. The average Bonchev–Trinajstić information content (AvgIpc) is 2.18. The zero-order valence-electron chi connectivity index (χ0n) is 7.84. The summed E-state index contributed by atoms with van der Waals surface area (Å²) >= 11 is 5.89. The number of rotatable bonds is 4. The van der Waals surface area contributed by atoms with Crippen LogP contribution in [0.4, 0.5) is 4.39 Å². The average molecular weight is 217 g/mol. The quantitative estimate of drug-likeness (QED) is 0.811. The maximum absolute atomic E-state index is 12.9. The van der Waals surface area contributed by atoms with Crippen molar-refractivity contribution in [3.8, 4) is 0 Å². The van der Waals surface area contributed by atoms with Gasteiger partial charge in [0.05, 0.1) is 0 Å². The summed E-state index contributed by atoms with van der Waals surface area (Å²) in [4.78, 5) is 0. The second kappa shape index (κ2) is 5.29. The summed E-state index contributed by atoms with van der Waals surface area (Å²) < 4.78 is 12.9. The highest BCUT2D eigenvalue weighted by Crippen LogP contribution is 2.24. The molecule has 1 rings (SSSR count). The molecule has 0 bridgehead atoms. The van der Waals surface area contributed by atoms with Crippen LogP contribution >= 0.6 is 11.6 Å². The summed E-state index contributed by atoms with van der Waals surface area (Å²) in [7, 11) is 0. The molecule has 2 nitrogen and oxygen atoms in total. The van der Waals surface area contributed by atoms with Crippen LogP contribution in [0.5, 0.6) is 0 Å². The third kappa shape index (κ3) is 2.94. The van der Waals surface area contributed by atoms with Crippen LogP contribution in [0.15, 0.2) is 18.2 Å². The van der Waals surface area contributed by atoms with Crippen LogP contribution in [0, 0.1) is 5.82 Å². The first-order valence-electron chi connectivity index (χ1n) is 4.55. The monoisotopic (exact) mass is 216 g/mol. The van der Waals surface area contributed by atoms with E-state index in [9.17, 15) is 4.39 Å². The first-order valence-corrected chi connectivity index (χ1v) is 4.93. The first-order chi connectivity index (χ1) is 6.65. The number of halogens is 2. The Labute approximate surface area is 88.0 Å². The summed E-state index contributed by atoms with van der Waals surface area (Å²) in [6, 6.07) is 3.99. The zero-order valence-corrected chi connectivity index (χ0v) is 8.60. The number of nitrogens with two attached hydrogens (primary N) is 2. The molecular formula is C10H14ClFN2. The van der Waals surface area contributed by atoms with Crippen molar-refractivity contribution in [1.29, 1.82) is 0 Å². The molecule has 1 atom stereocenters. The molecule has 14 heavy (non-hydrogen) atoms. The van der Waals surface area contributed by atoms with Crippen molar-refractivity contribution in [2.24, 2.45) is 11.5 Å². The number of hydrogen-bond donors (Lipinski definition) is 2. The maximum Gasteiger partial charge on any atom is 0.123 e. The molecule has 0 saturated carbocycles. The van der Waals surface area contributed by atoms with Crippen LogP contribution in [-0.2, 0) is 0 Å². The third-order valence-electron chi connectivity index (χ3n) is 2.08. The SMILES string of the molecule is NCCC[C@H](N)c1cc(F)ccc1Cl. The molecule has 4 heteroatoms. The Morgan fingerprint density at radius 3 is 2.79 bits per heavy atom. The summed E-state index contributed by atoms with van der Waals surface area (Å²) in [5, 5.41) is 0.510. The van der Waals surface area contributed by atoms with Crippen LogP contribution in [0.2, 0.25) is 5.02 Å². The molecule has 1 aromatic carbocycles. The maximum atomic E-state index is 12.9. The molecule has 0 aliphatic rings. The third-order valence-corrected chi connectivity index (χ3v) is 2.42. The lowest BCUT2D eigenvalue weighted by Gasteiger charge is -2.12. The van der Waals surface area contributed by atoms with Gasteiger partial charge in [0.1, 0.15) is 5.82 Å². The fourth-order valence-corrected chi connectivity index (χ4v) is 1.55. The highest BCUT2D eigenvalue weighted by molar-refractivity contribution is 6.31. The van der Waals surface area contributed by atoms with E-state index in [1.807, 2.05) is 0 Å². The second-order valence-corrected chi connectivity index (χ2v) is 3.61. The molecule has 0 saturated heterocycles. The van der Waals surface area contributed by atoms with Gasteiger partial charge >= 0.3 is 0 Å². The van der Waals surface area contributed by atoms with Crippen molar-refractivity contribution < 1.29 is 4.39 Å². The minimum atomic E-state index is -0.312. The molecule has 4 N–H and O–H groups in total. The molecule has 0 heterocycles. The summed E-state index contributed by atoms with van der Waals surface area (Å²) in [5.41, 5.74) is 11.9. The Morgan fingerprint density at radius 1 is 1.43 bits per heavy atom. The van der Waals surface area contributed by atoms with E-state index in [1.54, 1.807) is 0 Å². The van der Waals surface area contributed by atoms with Gasteiger partial charge in [-0.3, -0.25) is 0 Å². The van der Waals surface area contributed by atoms with E-state index in [2.05, 4.69) is 0 Å². The van der Waals surface area contributed by atoms with Gasteiger partial charge in [0.15, 0.2) is 0 Å². The van der Waals surface area contributed by atoms with E-state index in [4.69, 9.17) is 23.1 Å². The lowest BCUT2D eigenvalue weighted by molar-refractivity contribution is 0.597. The van der Waals surface area contributed by atoms with Gasteiger partial charge in [0.2, 0.25) is 0 Å². The van der Waals surface area contributed by atoms with E-state index in [0.717, 1.165) is 12.8 Å². The van der Waals surface area contributed by atoms with Crippen molar-refractivity contribution >= 4 is 11.6 Å². The van der Waals surface area contributed by atoms with E-state index in [0.29, 0.717) is 17.1 Å². The van der Waals surface area contributed by atoms with Gasteiger partial charge in [-0.2, -0.15) is 0 Å². The molecule has 0 aliphatic carbocycles. The summed E-state index contributed by atoms with van der Waals surface area (Å²) in [6.07, 6.45) is 1.54. The smallest absolute Gasteiger partial charge is 0.123 e. The lowest BCUT2D eigenvalue weighted by atomic mass is 10.0. The highest BCUT2D eigenvalue weighted by atomic mass is 35.5. The predicted octanol–water partition coefficient (Wildman–Crippen LogP) is 2.22. The van der Waals surface area contributed by atoms with E-state index in [1.165, 1.54) is 18.2 Å². The predicted molar refractivity (Wildman–Crippen MR) is 56.6 cm³/mol. The standard InChI is InChI=1S/C10H14ClFN2/c11-9-4-3-7(12)6-8(9)10(14)2-1-5-13/h3-4,6,10H,1-2,5,13-14H2/t10-/m0/s1. The fraction of sp³-hybridized carbons (Fsp3) is 0.400. The van der Waals surface area contributed by atoms with Gasteiger partial charge in [-0.1, -0.05) is 11.6 Å². The van der Waals surface area contributed by atoms with Crippen LogP contribution in [0.25, 0.3) is 0 Å². The van der Waals surface area contributed by atoms with Gasteiger partial charge in [-0.25, -0.2) is 4.39 Å². The van der Waals surface area contributed by atoms with E-state index >= 15 is 0 Å². The van der Waals surface area contributed by atoms with Gasteiger partial charge < -0.3 is 11.5 Å². The van der Waals surface area contributed by atoms with Crippen molar-refractivity contribution in [2.75, 3.05) is 6.54 Å². The second-order valence-electron chi connectivity index (χ2n) is 3.20. The van der Waals surface area contributed by atoms with Gasteiger partial charge in [0.25, 0.3) is 0 Å². The van der Waals surface area contributed by atoms with Crippen molar-refractivity contribution in [3.05, 3.63) is 34.6 Å². The van der Waals surface area contributed by atoms with Crippen LogP contribution in [-0.4, -0.2) is 6.54 Å².